The number of nitro benzene ring substituents is 1. The van der Waals surface area contributed by atoms with Crippen LogP contribution in [0.4, 0.5) is 11.5 Å². The molecule has 31 heavy (non-hydrogen) atoms. The molecule has 1 aromatic carbocycles. The molecule has 8 heteroatoms. The molecule has 1 amide bonds. The molecule has 2 aromatic rings. The Hall–Kier alpha value is -3.03. The van der Waals surface area contributed by atoms with Crippen molar-refractivity contribution in [1.29, 1.82) is 0 Å². The zero-order chi connectivity index (χ0) is 22.0. The Morgan fingerprint density at radius 1 is 1.06 bits per heavy atom. The number of piperazine rings is 1. The minimum absolute atomic E-state index is 0.0869. The zero-order valence-electron chi connectivity index (χ0n) is 18.2. The number of rotatable bonds is 5. The van der Waals surface area contributed by atoms with Gasteiger partial charge < -0.3 is 9.80 Å². The molecule has 2 heterocycles. The quantitative estimate of drug-likeness (QED) is 0.540. The van der Waals surface area contributed by atoms with E-state index in [4.69, 9.17) is 4.98 Å². The number of hydrogen-bond acceptors (Lipinski definition) is 6. The van der Waals surface area contributed by atoms with Gasteiger partial charge in [0.2, 0.25) is 5.91 Å². The smallest absolute Gasteiger partial charge is 0.269 e. The van der Waals surface area contributed by atoms with Crippen LogP contribution in [0.25, 0.3) is 0 Å². The van der Waals surface area contributed by atoms with Gasteiger partial charge in [-0.2, -0.15) is 0 Å². The van der Waals surface area contributed by atoms with E-state index in [2.05, 4.69) is 9.88 Å². The molecular formula is C23H29N5O3. The number of benzene rings is 1. The normalized spacial score (nSPS) is 17.2. The predicted molar refractivity (Wildman–Crippen MR) is 118 cm³/mol. The van der Waals surface area contributed by atoms with Crippen molar-refractivity contribution in [2.45, 2.75) is 46.0 Å². The standard InChI is InChI=1S/C23H29N5O3/c1-16-21(15-18-7-9-20(10-8-18)28(30)31)22(25-17(2)24-16)26-11-13-27(14-12-26)23(29)19-5-3-4-6-19/h7-10,19H,3-6,11-15H2,1-2H3. The van der Waals surface area contributed by atoms with Gasteiger partial charge in [-0.25, -0.2) is 9.97 Å². The van der Waals surface area contributed by atoms with Crippen molar-refractivity contribution in [3.05, 3.63) is 57.0 Å². The molecule has 2 fully saturated rings. The van der Waals surface area contributed by atoms with Crippen molar-refractivity contribution >= 4 is 17.4 Å². The van der Waals surface area contributed by atoms with Crippen LogP contribution < -0.4 is 4.90 Å². The molecule has 2 aliphatic rings. The largest absolute Gasteiger partial charge is 0.353 e. The topological polar surface area (TPSA) is 92.5 Å². The van der Waals surface area contributed by atoms with Gasteiger partial charge in [0.15, 0.2) is 0 Å². The lowest BCUT2D eigenvalue weighted by Crippen LogP contribution is -2.50. The summed E-state index contributed by atoms with van der Waals surface area (Å²) in [5.74, 6) is 2.17. The highest BCUT2D eigenvalue weighted by Crippen LogP contribution is 2.29. The van der Waals surface area contributed by atoms with Gasteiger partial charge in [-0.15, -0.1) is 0 Å². The van der Waals surface area contributed by atoms with E-state index >= 15 is 0 Å². The lowest BCUT2D eigenvalue weighted by atomic mass is 10.0. The molecule has 1 aliphatic carbocycles. The molecule has 0 radical (unpaired) electrons. The summed E-state index contributed by atoms with van der Waals surface area (Å²) < 4.78 is 0. The van der Waals surface area contributed by atoms with Gasteiger partial charge in [0.05, 0.1) is 4.92 Å². The van der Waals surface area contributed by atoms with Crippen LogP contribution in [-0.2, 0) is 11.2 Å². The second kappa shape index (κ2) is 8.99. The number of non-ortho nitro benzene ring substituents is 1. The number of aromatic nitrogens is 2. The maximum Gasteiger partial charge on any atom is 0.269 e. The lowest BCUT2D eigenvalue weighted by Gasteiger charge is -2.37. The second-order valence-electron chi connectivity index (χ2n) is 8.55. The van der Waals surface area contributed by atoms with Gasteiger partial charge in [-0.3, -0.25) is 14.9 Å². The molecular weight excluding hydrogens is 394 g/mol. The van der Waals surface area contributed by atoms with Gasteiger partial charge in [0.25, 0.3) is 5.69 Å². The summed E-state index contributed by atoms with van der Waals surface area (Å²) in [6, 6.07) is 6.65. The maximum absolute atomic E-state index is 12.8. The molecule has 0 bridgehead atoms. The minimum Gasteiger partial charge on any atom is -0.353 e. The highest BCUT2D eigenvalue weighted by atomic mass is 16.6. The number of anilines is 1. The fraction of sp³-hybridized carbons (Fsp3) is 0.522. The van der Waals surface area contributed by atoms with E-state index in [1.54, 1.807) is 12.1 Å². The Balaban J connectivity index is 1.50. The molecule has 4 rings (SSSR count). The van der Waals surface area contributed by atoms with E-state index in [1.807, 2.05) is 18.7 Å². The summed E-state index contributed by atoms with van der Waals surface area (Å²) in [7, 11) is 0. The Labute approximate surface area is 182 Å². The Morgan fingerprint density at radius 2 is 1.71 bits per heavy atom. The highest BCUT2D eigenvalue weighted by Gasteiger charge is 2.30. The third-order valence-corrected chi connectivity index (χ3v) is 6.43. The summed E-state index contributed by atoms with van der Waals surface area (Å²) in [5.41, 5.74) is 3.03. The number of carbonyl (C=O) groups excluding carboxylic acids is 1. The fourth-order valence-electron chi connectivity index (χ4n) is 4.70. The first-order valence-corrected chi connectivity index (χ1v) is 11.0. The number of hydrogen-bond donors (Lipinski definition) is 0. The second-order valence-corrected chi connectivity index (χ2v) is 8.55. The molecule has 0 unspecified atom stereocenters. The minimum atomic E-state index is -0.387. The van der Waals surface area contributed by atoms with Gasteiger partial charge in [-0.1, -0.05) is 25.0 Å². The summed E-state index contributed by atoms with van der Waals surface area (Å²) in [4.78, 5) is 36.9. The number of aryl methyl sites for hydroxylation is 2. The first-order chi connectivity index (χ1) is 14.9. The average molecular weight is 424 g/mol. The van der Waals surface area contributed by atoms with Crippen LogP contribution in [0.2, 0.25) is 0 Å². The van der Waals surface area contributed by atoms with E-state index in [0.29, 0.717) is 25.4 Å². The van der Waals surface area contributed by atoms with Crippen LogP contribution in [0.5, 0.6) is 0 Å². The van der Waals surface area contributed by atoms with Gasteiger partial charge in [0.1, 0.15) is 11.6 Å². The molecule has 1 aliphatic heterocycles. The van der Waals surface area contributed by atoms with Crippen molar-refractivity contribution in [2.75, 3.05) is 31.1 Å². The lowest BCUT2D eigenvalue weighted by molar-refractivity contribution is -0.384. The van der Waals surface area contributed by atoms with Gasteiger partial charge in [-0.05, 0) is 32.3 Å². The van der Waals surface area contributed by atoms with E-state index in [9.17, 15) is 14.9 Å². The third kappa shape index (κ3) is 4.68. The summed E-state index contributed by atoms with van der Waals surface area (Å²) in [6.45, 7) is 6.82. The SMILES string of the molecule is Cc1nc(C)c(Cc2ccc([N+](=O)[O-])cc2)c(N2CCN(C(=O)C3CCCC3)CC2)n1. The molecule has 1 saturated heterocycles. The van der Waals surface area contributed by atoms with E-state index in [-0.39, 0.29) is 16.5 Å². The predicted octanol–water partition coefficient (Wildman–Crippen LogP) is 3.43. The van der Waals surface area contributed by atoms with Crippen LogP contribution in [0.15, 0.2) is 24.3 Å². The molecule has 1 saturated carbocycles. The summed E-state index contributed by atoms with van der Waals surface area (Å²) in [5, 5.41) is 10.9. The van der Waals surface area contributed by atoms with Crippen molar-refractivity contribution < 1.29 is 9.72 Å². The third-order valence-electron chi connectivity index (χ3n) is 6.43. The van der Waals surface area contributed by atoms with Crippen LogP contribution in [-0.4, -0.2) is 51.9 Å². The first-order valence-electron chi connectivity index (χ1n) is 11.0. The van der Waals surface area contributed by atoms with Crippen LogP contribution in [0, 0.1) is 29.9 Å². The number of nitro groups is 1. The van der Waals surface area contributed by atoms with Crippen molar-refractivity contribution in [3.8, 4) is 0 Å². The monoisotopic (exact) mass is 423 g/mol. The molecule has 164 valence electrons. The maximum atomic E-state index is 12.8. The van der Waals surface area contributed by atoms with Crippen LogP contribution in [0.3, 0.4) is 0 Å². The summed E-state index contributed by atoms with van der Waals surface area (Å²) in [6.07, 6.45) is 5.01. The zero-order valence-corrected chi connectivity index (χ0v) is 18.2. The molecule has 0 N–H and O–H groups in total. The first kappa shape index (κ1) is 21.2. The Bertz CT molecular complexity index is 962. The number of carbonyl (C=O) groups is 1. The Kier molecular flexibility index (Phi) is 6.15. The molecule has 1 aromatic heterocycles. The molecule has 0 atom stereocenters. The Morgan fingerprint density at radius 3 is 2.32 bits per heavy atom. The molecule has 0 spiro atoms. The van der Waals surface area contributed by atoms with E-state index in [0.717, 1.165) is 54.4 Å². The van der Waals surface area contributed by atoms with Crippen LogP contribution >= 0.6 is 0 Å². The van der Waals surface area contributed by atoms with Crippen molar-refractivity contribution in [1.82, 2.24) is 14.9 Å². The molecule has 8 nitrogen and oxygen atoms in total. The van der Waals surface area contributed by atoms with Gasteiger partial charge in [0, 0.05) is 61.9 Å². The number of amides is 1. The summed E-state index contributed by atoms with van der Waals surface area (Å²) >= 11 is 0. The van der Waals surface area contributed by atoms with E-state index in [1.165, 1.54) is 25.0 Å². The van der Waals surface area contributed by atoms with Crippen molar-refractivity contribution in [2.24, 2.45) is 5.92 Å². The number of nitrogens with zero attached hydrogens (tertiary/aromatic N) is 5. The van der Waals surface area contributed by atoms with Gasteiger partial charge >= 0.3 is 0 Å². The van der Waals surface area contributed by atoms with Crippen LogP contribution in [0.1, 0.15) is 48.3 Å². The van der Waals surface area contributed by atoms with Crippen molar-refractivity contribution in [3.63, 3.8) is 0 Å². The average Bonchev–Trinajstić information content (AvgIpc) is 3.30. The highest BCUT2D eigenvalue weighted by molar-refractivity contribution is 5.79. The van der Waals surface area contributed by atoms with E-state index < -0.39 is 0 Å². The fourth-order valence-corrected chi connectivity index (χ4v) is 4.70.